The molecule has 0 fully saturated rings. The summed E-state index contributed by atoms with van der Waals surface area (Å²) in [5, 5.41) is -1.04. The molecule has 1 aliphatic carbocycles. The summed E-state index contributed by atoms with van der Waals surface area (Å²) in [6, 6.07) is 0. The van der Waals surface area contributed by atoms with Crippen LogP contribution in [0.3, 0.4) is 0 Å². The lowest BCUT2D eigenvalue weighted by molar-refractivity contribution is 0.343. The second-order valence-corrected chi connectivity index (χ2v) is 10.7. The maximum Gasteiger partial charge on any atom is 0.151 e. The Morgan fingerprint density at radius 1 is 1.00 bits per heavy atom. The van der Waals surface area contributed by atoms with Crippen LogP contribution in [0.5, 0.6) is 0 Å². The molecule has 0 bridgehead atoms. The van der Waals surface area contributed by atoms with Crippen molar-refractivity contribution >= 4 is 7.92 Å². The molecule has 4 unspecified atom stereocenters. The van der Waals surface area contributed by atoms with Crippen molar-refractivity contribution < 1.29 is 4.39 Å². The average molecular weight is 369 g/mol. The summed E-state index contributed by atoms with van der Waals surface area (Å²) in [4.78, 5) is 0. The molecule has 146 valence electrons. The Hall–Kier alpha value is -0.160. The van der Waals surface area contributed by atoms with Gasteiger partial charge >= 0.3 is 0 Å². The van der Waals surface area contributed by atoms with Gasteiger partial charge in [-0.2, -0.15) is 0 Å². The van der Waals surface area contributed by atoms with Crippen LogP contribution < -0.4 is 0 Å². The molecule has 0 saturated heterocycles. The van der Waals surface area contributed by atoms with E-state index in [-0.39, 0.29) is 0 Å². The van der Waals surface area contributed by atoms with Crippen LogP contribution in [0.1, 0.15) is 91.9 Å². The Balaban J connectivity index is 2.56. The molecule has 0 aromatic heterocycles. The zero-order valence-corrected chi connectivity index (χ0v) is 18.2. The lowest BCUT2D eigenvalue weighted by Crippen LogP contribution is -2.23. The van der Waals surface area contributed by atoms with Crippen molar-refractivity contribution in [2.75, 3.05) is 12.3 Å². The van der Waals surface area contributed by atoms with Gasteiger partial charge in [-0.05, 0) is 36.7 Å². The predicted octanol–water partition coefficient (Wildman–Crippen LogP) is 8.47. The Morgan fingerprint density at radius 2 is 1.80 bits per heavy atom. The minimum absolute atomic E-state index is 0.565. The van der Waals surface area contributed by atoms with Crippen LogP contribution in [-0.4, -0.2) is 17.7 Å². The SMILES string of the molecule is CCCCCCP(CC(C)CCC(CC)CCC)C1(F)C=CC=CC1. The molecule has 0 spiro atoms. The second-order valence-electron chi connectivity index (χ2n) is 8.06. The van der Waals surface area contributed by atoms with E-state index in [0.29, 0.717) is 12.3 Å². The topological polar surface area (TPSA) is 0 Å². The molecule has 0 aliphatic heterocycles. The molecule has 25 heavy (non-hydrogen) atoms. The zero-order chi connectivity index (χ0) is 18.5. The quantitative estimate of drug-likeness (QED) is 0.213. The molecule has 0 saturated carbocycles. The highest BCUT2D eigenvalue weighted by atomic mass is 31.1. The lowest BCUT2D eigenvalue weighted by atomic mass is 9.92. The number of hydrogen-bond acceptors (Lipinski definition) is 0. The van der Waals surface area contributed by atoms with Crippen LogP contribution in [0.2, 0.25) is 0 Å². The second kappa shape index (κ2) is 13.1. The van der Waals surface area contributed by atoms with Crippen LogP contribution >= 0.6 is 7.92 Å². The summed E-state index contributed by atoms with van der Waals surface area (Å²) in [6.07, 6.45) is 22.3. The van der Waals surface area contributed by atoms with Crippen molar-refractivity contribution in [1.29, 1.82) is 0 Å². The highest BCUT2D eigenvalue weighted by molar-refractivity contribution is 7.59. The van der Waals surface area contributed by atoms with E-state index in [4.69, 9.17) is 0 Å². The minimum Gasteiger partial charge on any atom is -0.234 e. The first kappa shape index (κ1) is 22.9. The number of rotatable bonds is 14. The van der Waals surface area contributed by atoms with E-state index in [0.717, 1.165) is 18.2 Å². The summed E-state index contributed by atoms with van der Waals surface area (Å²) in [7, 11) is -0.565. The molecule has 4 atom stereocenters. The minimum atomic E-state index is -1.04. The summed E-state index contributed by atoms with van der Waals surface area (Å²) < 4.78 is 15.6. The van der Waals surface area contributed by atoms with Crippen molar-refractivity contribution in [3.8, 4) is 0 Å². The number of unbranched alkanes of at least 4 members (excludes halogenated alkanes) is 3. The van der Waals surface area contributed by atoms with Crippen molar-refractivity contribution in [1.82, 2.24) is 0 Å². The molecule has 0 N–H and O–H groups in total. The molecule has 1 aliphatic rings. The maximum atomic E-state index is 15.6. The van der Waals surface area contributed by atoms with Gasteiger partial charge in [-0.25, -0.2) is 4.39 Å². The Bertz CT molecular complexity index is 390. The van der Waals surface area contributed by atoms with Gasteiger partial charge in [0.05, 0.1) is 0 Å². The van der Waals surface area contributed by atoms with Gasteiger partial charge in [0.15, 0.2) is 5.41 Å². The van der Waals surface area contributed by atoms with Crippen molar-refractivity contribution in [3.05, 3.63) is 24.3 Å². The van der Waals surface area contributed by atoms with Crippen LogP contribution in [0.25, 0.3) is 0 Å². The first-order chi connectivity index (χ1) is 12.1. The predicted molar refractivity (Wildman–Crippen MR) is 115 cm³/mol. The van der Waals surface area contributed by atoms with E-state index in [1.165, 1.54) is 57.8 Å². The van der Waals surface area contributed by atoms with Gasteiger partial charge in [0.1, 0.15) is 0 Å². The first-order valence-electron chi connectivity index (χ1n) is 10.8. The Morgan fingerprint density at radius 3 is 2.40 bits per heavy atom. The van der Waals surface area contributed by atoms with Crippen LogP contribution in [0.4, 0.5) is 4.39 Å². The third-order valence-corrected chi connectivity index (χ3v) is 8.99. The van der Waals surface area contributed by atoms with E-state index in [9.17, 15) is 0 Å². The molecule has 0 radical (unpaired) electrons. The molecule has 0 aromatic carbocycles. The third kappa shape index (κ3) is 8.85. The van der Waals surface area contributed by atoms with Gasteiger partial charge in [-0.3, -0.25) is 0 Å². The standard InChI is InChI=1S/C23H42FP/c1-5-8-9-13-19-25(23(24)17-11-10-12-18-23)20-21(4)15-16-22(7-3)14-6-2/h10-12,17,21-22H,5-9,13-16,18-20H2,1-4H3. The molecule has 1 rings (SSSR count). The van der Waals surface area contributed by atoms with Gasteiger partial charge in [-0.15, -0.1) is 0 Å². The average Bonchev–Trinajstić information content (AvgIpc) is 2.61. The Labute approximate surface area is 158 Å². The molecular weight excluding hydrogens is 326 g/mol. The normalized spacial score (nSPS) is 23.6. The van der Waals surface area contributed by atoms with Gasteiger partial charge in [0.2, 0.25) is 0 Å². The van der Waals surface area contributed by atoms with E-state index < -0.39 is 13.3 Å². The van der Waals surface area contributed by atoms with Gasteiger partial charge in [0, 0.05) is 6.42 Å². The number of allylic oxidation sites excluding steroid dienone is 4. The smallest absolute Gasteiger partial charge is 0.151 e. The van der Waals surface area contributed by atoms with E-state index in [1.807, 2.05) is 24.3 Å². The zero-order valence-electron chi connectivity index (χ0n) is 17.3. The van der Waals surface area contributed by atoms with Crippen molar-refractivity contribution in [2.24, 2.45) is 11.8 Å². The summed E-state index contributed by atoms with van der Waals surface area (Å²) >= 11 is 0. The molecule has 0 heterocycles. The summed E-state index contributed by atoms with van der Waals surface area (Å²) in [5.41, 5.74) is 0. The molecular formula is C23H42FP. The van der Waals surface area contributed by atoms with Crippen LogP contribution in [0.15, 0.2) is 24.3 Å². The Kier molecular flexibility index (Phi) is 12.0. The lowest BCUT2D eigenvalue weighted by Gasteiger charge is -2.34. The molecule has 0 aromatic rings. The summed E-state index contributed by atoms with van der Waals surface area (Å²) in [6.45, 7) is 9.22. The molecule has 0 nitrogen and oxygen atoms in total. The van der Waals surface area contributed by atoms with E-state index >= 15 is 4.39 Å². The molecule has 2 heteroatoms. The fraction of sp³-hybridized carbons (Fsp3) is 0.826. The van der Waals surface area contributed by atoms with Gasteiger partial charge in [0.25, 0.3) is 0 Å². The van der Waals surface area contributed by atoms with E-state index in [2.05, 4.69) is 27.7 Å². The van der Waals surface area contributed by atoms with E-state index in [1.54, 1.807) is 0 Å². The largest absolute Gasteiger partial charge is 0.234 e. The highest BCUT2D eigenvalue weighted by Gasteiger charge is 2.36. The number of hydrogen-bond donors (Lipinski definition) is 0. The number of alkyl halides is 1. The fourth-order valence-electron chi connectivity index (χ4n) is 3.92. The monoisotopic (exact) mass is 368 g/mol. The highest BCUT2D eigenvalue weighted by Crippen LogP contribution is 2.56. The van der Waals surface area contributed by atoms with Crippen LogP contribution in [-0.2, 0) is 0 Å². The maximum absolute atomic E-state index is 15.6. The van der Waals surface area contributed by atoms with Crippen LogP contribution in [0, 0.1) is 11.8 Å². The van der Waals surface area contributed by atoms with Gasteiger partial charge in [-0.1, -0.05) is 105 Å². The summed E-state index contributed by atoms with van der Waals surface area (Å²) in [5.74, 6) is 1.54. The van der Waals surface area contributed by atoms with Crippen molar-refractivity contribution in [2.45, 2.75) is 97.3 Å². The van der Waals surface area contributed by atoms with Crippen molar-refractivity contribution in [3.63, 3.8) is 0 Å². The third-order valence-electron chi connectivity index (χ3n) is 5.68. The molecule has 0 amide bonds. The number of halogens is 1. The first-order valence-corrected chi connectivity index (χ1v) is 12.5. The van der Waals surface area contributed by atoms with Gasteiger partial charge < -0.3 is 0 Å². The fourth-order valence-corrected chi connectivity index (χ4v) is 6.98.